The van der Waals surface area contributed by atoms with Crippen molar-refractivity contribution < 1.29 is 18.7 Å². The molecule has 3 N–H and O–H groups in total. The first-order valence-electron chi connectivity index (χ1n) is 8.53. The van der Waals surface area contributed by atoms with Crippen LogP contribution in [0.5, 0.6) is 5.75 Å². The van der Waals surface area contributed by atoms with Gasteiger partial charge in [0.15, 0.2) is 0 Å². The summed E-state index contributed by atoms with van der Waals surface area (Å²) in [5.41, 5.74) is 6.11. The molecule has 1 unspecified atom stereocenters. The molecule has 0 fully saturated rings. The van der Waals surface area contributed by atoms with Gasteiger partial charge in [-0.15, -0.1) is 0 Å². The maximum absolute atomic E-state index is 12.1. The number of ether oxygens (including phenoxy) is 1. The zero-order chi connectivity index (χ0) is 20.0. The number of carbonyl (C=O) groups excluding carboxylic acids is 2. The minimum atomic E-state index is -0.504. The number of urea groups is 1. The maximum atomic E-state index is 12.1. The van der Waals surface area contributed by atoms with Gasteiger partial charge in [0.2, 0.25) is 0 Å². The molecule has 1 atom stereocenters. The van der Waals surface area contributed by atoms with Crippen molar-refractivity contribution in [3.8, 4) is 5.75 Å². The minimum Gasteiger partial charge on any atom is -0.497 e. The Kier molecular flexibility index (Phi) is 6.84. The molecule has 0 aliphatic heterocycles. The fourth-order valence-electron chi connectivity index (χ4n) is 2.72. The lowest BCUT2D eigenvalue weighted by atomic mass is 10.1. The molecule has 27 heavy (non-hydrogen) atoms. The van der Waals surface area contributed by atoms with Gasteiger partial charge in [0.05, 0.1) is 18.7 Å². The summed E-state index contributed by atoms with van der Waals surface area (Å²) in [4.78, 5) is 26.1. The highest BCUT2D eigenvalue weighted by atomic mass is 16.5. The van der Waals surface area contributed by atoms with Crippen LogP contribution in [0.1, 0.15) is 33.5 Å². The van der Waals surface area contributed by atoms with E-state index in [0.29, 0.717) is 23.6 Å². The summed E-state index contributed by atoms with van der Waals surface area (Å²) in [6.07, 6.45) is 0. The number of nitrogens with zero attached hydrogens (tertiary/aromatic N) is 1. The van der Waals surface area contributed by atoms with Crippen LogP contribution in [0.15, 0.2) is 34.7 Å². The first-order valence-corrected chi connectivity index (χ1v) is 8.53. The molecule has 0 radical (unpaired) electrons. The molecule has 0 bridgehead atoms. The van der Waals surface area contributed by atoms with E-state index in [-0.39, 0.29) is 6.04 Å². The van der Waals surface area contributed by atoms with E-state index in [1.165, 1.54) is 0 Å². The Morgan fingerprint density at radius 2 is 1.93 bits per heavy atom. The summed E-state index contributed by atoms with van der Waals surface area (Å²) in [5, 5.41) is 2.76. The Hall–Kier alpha value is -3.00. The highest BCUT2D eigenvalue weighted by Gasteiger charge is 2.17. The van der Waals surface area contributed by atoms with E-state index < -0.39 is 11.9 Å². The maximum Gasteiger partial charge on any atom is 0.333 e. The van der Waals surface area contributed by atoms with Gasteiger partial charge in [-0.2, -0.15) is 0 Å². The van der Waals surface area contributed by atoms with Crippen LogP contribution in [0.2, 0.25) is 0 Å². The number of furan rings is 1. The molecule has 146 valence electrons. The largest absolute Gasteiger partial charge is 0.497 e. The van der Waals surface area contributed by atoms with Gasteiger partial charge >= 0.3 is 6.03 Å². The number of hydrogen-bond acceptors (Lipinski definition) is 5. The lowest BCUT2D eigenvalue weighted by Gasteiger charge is -2.25. The van der Waals surface area contributed by atoms with Crippen LogP contribution in [0.25, 0.3) is 0 Å². The standard InChI is InChI=1S/C19H26N4O4/c1-12-9-16(13(2)27-12)18(24)21-22-19(25)20-11-17(23(3)4)14-7-6-8-15(10-14)26-5/h6-10,17H,11H2,1-5H3,(H,21,24)(H2,20,22,25). The van der Waals surface area contributed by atoms with Crippen LogP contribution in [-0.2, 0) is 0 Å². The van der Waals surface area contributed by atoms with Crippen molar-refractivity contribution >= 4 is 11.9 Å². The molecule has 8 heteroatoms. The van der Waals surface area contributed by atoms with E-state index in [4.69, 9.17) is 9.15 Å². The summed E-state index contributed by atoms with van der Waals surface area (Å²) >= 11 is 0. The number of methoxy groups -OCH3 is 1. The number of benzene rings is 1. The number of nitrogens with one attached hydrogen (secondary N) is 3. The van der Waals surface area contributed by atoms with Crippen LogP contribution in [0.4, 0.5) is 4.79 Å². The first-order chi connectivity index (χ1) is 12.8. The van der Waals surface area contributed by atoms with Crippen molar-refractivity contribution in [1.29, 1.82) is 0 Å². The van der Waals surface area contributed by atoms with Gasteiger partial charge in [0.1, 0.15) is 17.3 Å². The topological polar surface area (TPSA) is 95.8 Å². The lowest BCUT2D eigenvalue weighted by molar-refractivity contribution is 0.0934. The summed E-state index contributed by atoms with van der Waals surface area (Å²) in [6, 6.07) is 8.73. The third-order valence-electron chi connectivity index (χ3n) is 4.13. The van der Waals surface area contributed by atoms with Gasteiger partial charge in [-0.3, -0.25) is 10.2 Å². The Labute approximate surface area is 158 Å². The second kappa shape index (κ2) is 9.09. The molecule has 3 amide bonds. The Bertz CT molecular complexity index is 801. The number of hydrogen-bond donors (Lipinski definition) is 3. The lowest BCUT2D eigenvalue weighted by Crippen LogP contribution is -2.48. The molecule has 2 rings (SSSR count). The molecule has 1 aromatic heterocycles. The highest BCUT2D eigenvalue weighted by Crippen LogP contribution is 2.22. The van der Waals surface area contributed by atoms with Gasteiger partial charge in [-0.1, -0.05) is 12.1 Å². The molecule has 1 aromatic carbocycles. The molecular formula is C19H26N4O4. The van der Waals surface area contributed by atoms with Crippen LogP contribution in [0.3, 0.4) is 0 Å². The second-order valence-electron chi connectivity index (χ2n) is 6.37. The third kappa shape index (κ3) is 5.49. The summed E-state index contributed by atoms with van der Waals surface area (Å²) in [7, 11) is 5.46. The minimum absolute atomic E-state index is 0.0553. The normalized spacial score (nSPS) is 11.8. The van der Waals surface area contributed by atoms with Crippen molar-refractivity contribution in [2.75, 3.05) is 27.7 Å². The zero-order valence-electron chi connectivity index (χ0n) is 16.3. The van der Waals surface area contributed by atoms with E-state index in [0.717, 1.165) is 11.3 Å². The predicted octanol–water partition coefficient (Wildman–Crippen LogP) is 2.15. The first kappa shape index (κ1) is 20.3. The van der Waals surface area contributed by atoms with Crippen molar-refractivity contribution in [3.63, 3.8) is 0 Å². The summed E-state index contributed by atoms with van der Waals surface area (Å²) in [5.74, 6) is 1.45. The number of aryl methyl sites for hydroxylation is 2. The number of carbonyl (C=O) groups is 2. The average molecular weight is 374 g/mol. The predicted molar refractivity (Wildman–Crippen MR) is 102 cm³/mol. The van der Waals surface area contributed by atoms with Crippen molar-refractivity contribution in [2.45, 2.75) is 19.9 Å². The van der Waals surface area contributed by atoms with Gasteiger partial charge in [0.25, 0.3) is 5.91 Å². The van der Waals surface area contributed by atoms with Crippen molar-refractivity contribution in [2.24, 2.45) is 0 Å². The van der Waals surface area contributed by atoms with Crippen molar-refractivity contribution in [1.82, 2.24) is 21.1 Å². The molecule has 0 spiro atoms. The quantitative estimate of drug-likeness (QED) is 0.674. The molecular weight excluding hydrogens is 348 g/mol. The van der Waals surface area contributed by atoms with E-state index >= 15 is 0 Å². The molecule has 2 aromatic rings. The second-order valence-corrected chi connectivity index (χ2v) is 6.37. The summed E-state index contributed by atoms with van der Waals surface area (Å²) in [6.45, 7) is 3.80. The van der Waals surface area contributed by atoms with Crippen LogP contribution < -0.4 is 20.9 Å². The molecule has 0 aliphatic rings. The highest BCUT2D eigenvalue weighted by molar-refractivity contribution is 5.96. The van der Waals surface area contributed by atoms with Crippen LogP contribution >= 0.6 is 0 Å². The Balaban J connectivity index is 1.90. The molecule has 0 saturated heterocycles. The fourth-order valence-corrected chi connectivity index (χ4v) is 2.72. The van der Waals surface area contributed by atoms with Gasteiger partial charge in [-0.05, 0) is 51.7 Å². The third-order valence-corrected chi connectivity index (χ3v) is 4.13. The molecule has 1 heterocycles. The van der Waals surface area contributed by atoms with Crippen LogP contribution in [0, 0.1) is 13.8 Å². The number of likely N-dealkylation sites (N-methyl/N-ethyl adjacent to an activating group) is 1. The number of hydrazine groups is 1. The number of rotatable bonds is 6. The zero-order valence-corrected chi connectivity index (χ0v) is 16.3. The molecule has 0 saturated carbocycles. The molecule has 8 nitrogen and oxygen atoms in total. The fraction of sp³-hybridized carbons (Fsp3) is 0.368. The van der Waals surface area contributed by atoms with Gasteiger partial charge < -0.3 is 19.4 Å². The van der Waals surface area contributed by atoms with E-state index in [2.05, 4.69) is 16.2 Å². The van der Waals surface area contributed by atoms with E-state index in [1.807, 2.05) is 43.3 Å². The van der Waals surface area contributed by atoms with E-state index in [9.17, 15) is 9.59 Å². The smallest absolute Gasteiger partial charge is 0.333 e. The monoisotopic (exact) mass is 374 g/mol. The SMILES string of the molecule is COc1cccc(C(CNC(=O)NNC(=O)c2cc(C)oc2C)N(C)C)c1. The van der Waals surface area contributed by atoms with E-state index in [1.54, 1.807) is 27.0 Å². The number of amides is 3. The Morgan fingerprint density at radius 3 is 2.52 bits per heavy atom. The van der Waals surface area contributed by atoms with Crippen LogP contribution in [-0.4, -0.2) is 44.6 Å². The van der Waals surface area contributed by atoms with Gasteiger partial charge in [0, 0.05) is 6.54 Å². The average Bonchev–Trinajstić information content (AvgIpc) is 2.98. The summed E-state index contributed by atoms with van der Waals surface area (Å²) < 4.78 is 10.6. The van der Waals surface area contributed by atoms with Crippen molar-refractivity contribution in [3.05, 3.63) is 53.0 Å². The Morgan fingerprint density at radius 1 is 1.19 bits per heavy atom. The molecule has 0 aliphatic carbocycles. The van der Waals surface area contributed by atoms with Gasteiger partial charge in [-0.25, -0.2) is 10.2 Å².